The van der Waals surface area contributed by atoms with Crippen LogP contribution in [0.5, 0.6) is 0 Å². The maximum absolute atomic E-state index is 12.9. The fourth-order valence-electron chi connectivity index (χ4n) is 5.34. The number of hydrogen-bond acceptors (Lipinski definition) is 1. The molecule has 0 heterocycles. The lowest BCUT2D eigenvalue weighted by molar-refractivity contribution is 0.0962. The number of hydrogen-bond donors (Lipinski definition) is 0. The summed E-state index contributed by atoms with van der Waals surface area (Å²) in [7, 11) is 0. The van der Waals surface area contributed by atoms with Gasteiger partial charge in [0.1, 0.15) is 0 Å². The second-order valence-corrected chi connectivity index (χ2v) is 10.5. The molecule has 2 aromatic carbocycles. The summed E-state index contributed by atoms with van der Waals surface area (Å²) in [5.41, 5.74) is 7.86. The molecule has 1 nitrogen and oxygen atoms in total. The van der Waals surface area contributed by atoms with Gasteiger partial charge in [0.25, 0.3) is 0 Å². The Balaban J connectivity index is 1.50. The number of aryl methyl sites for hydroxylation is 1. The van der Waals surface area contributed by atoms with E-state index in [4.69, 9.17) is 0 Å². The Morgan fingerprint density at radius 2 is 1.36 bits per heavy atom. The van der Waals surface area contributed by atoms with E-state index < -0.39 is 0 Å². The van der Waals surface area contributed by atoms with Gasteiger partial charge in [0.15, 0.2) is 5.78 Å². The molecule has 0 bridgehead atoms. The van der Waals surface area contributed by atoms with Gasteiger partial charge in [-0.1, -0.05) is 122 Å². The number of carbonyl (C=O) groups excluding carboxylic acids is 1. The van der Waals surface area contributed by atoms with Crippen LogP contribution in [0, 0.1) is 5.92 Å². The molecule has 1 aliphatic carbocycles. The molecule has 0 radical (unpaired) electrons. The van der Waals surface area contributed by atoms with Crippen molar-refractivity contribution in [2.24, 2.45) is 5.92 Å². The summed E-state index contributed by atoms with van der Waals surface area (Å²) in [4.78, 5) is 12.9. The third kappa shape index (κ3) is 7.83. The molecular formula is C32H46O. The van der Waals surface area contributed by atoms with Gasteiger partial charge in [0.05, 0.1) is 0 Å². The highest BCUT2D eigenvalue weighted by atomic mass is 16.1. The van der Waals surface area contributed by atoms with Crippen molar-refractivity contribution >= 4 is 5.78 Å². The van der Waals surface area contributed by atoms with Crippen LogP contribution in [-0.4, -0.2) is 5.78 Å². The van der Waals surface area contributed by atoms with E-state index in [1.807, 2.05) is 0 Å². The zero-order chi connectivity index (χ0) is 23.5. The van der Waals surface area contributed by atoms with Crippen LogP contribution >= 0.6 is 0 Å². The largest absolute Gasteiger partial charge is 0.294 e. The van der Waals surface area contributed by atoms with Gasteiger partial charge in [-0.05, 0) is 59.1 Å². The Bertz CT molecular complexity index is 878. The minimum atomic E-state index is 0.316. The topological polar surface area (TPSA) is 17.1 Å². The van der Waals surface area contributed by atoms with Crippen LogP contribution in [-0.2, 0) is 12.8 Å². The van der Waals surface area contributed by atoms with Gasteiger partial charge in [-0.3, -0.25) is 4.79 Å². The summed E-state index contributed by atoms with van der Waals surface area (Å²) >= 11 is 0. The first-order valence-corrected chi connectivity index (χ1v) is 13.9. The predicted molar refractivity (Wildman–Crippen MR) is 143 cm³/mol. The number of benzene rings is 2. The number of ketones is 1. The van der Waals surface area contributed by atoms with Crippen molar-refractivity contribution in [2.75, 3.05) is 0 Å². The number of carbonyl (C=O) groups is 1. The standard InChI is InChI=1S/C32H46O/c1-4-6-8-10-11-12-14-16-26-17-19-30-28(22-26)24-29-23-27(18-20-31(29)30)32(33)21-25(3)15-13-9-7-5-2/h17-20,22-23,25H,4-16,21,24H2,1-3H3. The average molecular weight is 447 g/mol. The Morgan fingerprint density at radius 1 is 0.758 bits per heavy atom. The number of fused-ring (bicyclic) bond motifs is 3. The molecule has 0 fully saturated rings. The minimum absolute atomic E-state index is 0.316. The highest BCUT2D eigenvalue weighted by Crippen LogP contribution is 2.38. The molecule has 2 aromatic rings. The zero-order valence-electron chi connectivity index (χ0n) is 21.6. The van der Waals surface area contributed by atoms with Crippen molar-refractivity contribution < 1.29 is 4.79 Å². The number of unbranched alkanes of at least 4 members (excludes halogenated alkanes) is 9. The van der Waals surface area contributed by atoms with Gasteiger partial charge in [-0.2, -0.15) is 0 Å². The lowest BCUT2D eigenvalue weighted by atomic mass is 9.93. The predicted octanol–water partition coefficient (Wildman–Crippen LogP) is 9.73. The fourth-order valence-corrected chi connectivity index (χ4v) is 5.34. The van der Waals surface area contributed by atoms with Crippen LogP contribution in [0.1, 0.15) is 131 Å². The first-order chi connectivity index (χ1) is 16.1. The third-order valence-corrected chi connectivity index (χ3v) is 7.42. The average Bonchev–Trinajstić information content (AvgIpc) is 3.18. The number of Topliss-reactive ketones (excluding diaryl/α,β-unsaturated/α-hetero) is 1. The van der Waals surface area contributed by atoms with Crippen molar-refractivity contribution in [3.8, 4) is 11.1 Å². The van der Waals surface area contributed by atoms with Crippen molar-refractivity contribution in [1.82, 2.24) is 0 Å². The molecular weight excluding hydrogens is 400 g/mol. The summed E-state index contributed by atoms with van der Waals surface area (Å²) in [6.07, 6.45) is 18.7. The van der Waals surface area contributed by atoms with Crippen LogP contribution in [0.15, 0.2) is 36.4 Å². The number of rotatable bonds is 16. The van der Waals surface area contributed by atoms with Crippen LogP contribution in [0.2, 0.25) is 0 Å². The monoisotopic (exact) mass is 446 g/mol. The maximum Gasteiger partial charge on any atom is 0.163 e. The third-order valence-electron chi connectivity index (χ3n) is 7.42. The summed E-state index contributed by atoms with van der Waals surface area (Å²) in [6.45, 7) is 6.76. The Hall–Kier alpha value is -1.89. The molecule has 0 aromatic heterocycles. The Kier molecular flexibility index (Phi) is 10.7. The first kappa shape index (κ1) is 25.7. The molecule has 0 N–H and O–H groups in total. The van der Waals surface area contributed by atoms with Crippen molar-refractivity contribution in [2.45, 2.75) is 117 Å². The highest BCUT2D eigenvalue weighted by Gasteiger charge is 2.21. The molecule has 1 aliphatic rings. The quantitative estimate of drug-likeness (QED) is 0.158. The van der Waals surface area contributed by atoms with E-state index in [1.165, 1.54) is 111 Å². The van der Waals surface area contributed by atoms with Gasteiger partial charge in [-0.25, -0.2) is 0 Å². The lowest BCUT2D eigenvalue weighted by Crippen LogP contribution is -2.06. The Morgan fingerprint density at radius 3 is 2.09 bits per heavy atom. The zero-order valence-corrected chi connectivity index (χ0v) is 21.6. The molecule has 0 aliphatic heterocycles. The Labute approximate surface area is 203 Å². The normalized spacial score (nSPS) is 13.1. The molecule has 1 heteroatoms. The van der Waals surface area contributed by atoms with E-state index in [0.29, 0.717) is 18.1 Å². The maximum atomic E-state index is 12.9. The van der Waals surface area contributed by atoms with Crippen molar-refractivity contribution in [3.63, 3.8) is 0 Å². The van der Waals surface area contributed by atoms with E-state index in [9.17, 15) is 4.79 Å². The molecule has 0 saturated heterocycles. The van der Waals surface area contributed by atoms with Crippen LogP contribution in [0.3, 0.4) is 0 Å². The van der Waals surface area contributed by atoms with E-state index in [0.717, 1.165) is 12.0 Å². The van der Waals surface area contributed by atoms with Crippen LogP contribution < -0.4 is 0 Å². The SMILES string of the molecule is CCCCCCCCCc1ccc2c(c1)Cc1cc(C(=O)CC(C)CCCCCC)ccc1-2. The van der Waals surface area contributed by atoms with Gasteiger partial charge in [-0.15, -0.1) is 0 Å². The van der Waals surface area contributed by atoms with Gasteiger partial charge in [0, 0.05) is 12.0 Å². The van der Waals surface area contributed by atoms with Gasteiger partial charge < -0.3 is 0 Å². The summed E-state index contributed by atoms with van der Waals surface area (Å²) in [5.74, 6) is 0.797. The van der Waals surface area contributed by atoms with Gasteiger partial charge >= 0.3 is 0 Å². The van der Waals surface area contributed by atoms with Crippen molar-refractivity contribution in [1.29, 1.82) is 0 Å². The van der Waals surface area contributed by atoms with Crippen LogP contribution in [0.4, 0.5) is 0 Å². The van der Waals surface area contributed by atoms with E-state index in [2.05, 4.69) is 57.2 Å². The summed E-state index contributed by atoms with van der Waals surface area (Å²) in [6, 6.07) is 13.5. The van der Waals surface area contributed by atoms with Gasteiger partial charge in [0.2, 0.25) is 0 Å². The molecule has 0 spiro atoms. The highest BCUT2D eigenvalue weighted by molar-refractivity contribution is 5.97. The molecule has 180 valence electrons. The van der Waals surface area contributed by atoms with Crippen LogP contribution in [0.25, 0.3) is 11.1 Å². The fraction of sp³-hybridized carbons (Fsp3) is 0.594. The van der Waals surface area contributed by atoms with E-state index in [1.54, 1.807) is 0 Å². The molecule has 0 amide bonds. The second-order valence-electron chi connectivity index (χ2n) is 10.5. The smallest absolute Gasteiger partial charge is 0.163 e. The minimum Gasteiger partial charge on any atom is -0.294 e. The van der Waals surface area contributed by atoms with E-state index in [-0.39, 0.29) is 0 Å². The molecule has 1 atom stereocenters. The molecule has 33 heavy (non-hydrogen) atoms. The van der Waals surface area contributed by atoms with Crippen molar-refractivity contribution in [3.05, 3.63) is 58.7 Å². The first-order valence-electron chi connectivity index (χ1n) is 13.9. The second kappa shape index (κ2) is 13.7. The molecule has 0 saturated carbocycles. The molecule has 3 rings (SSSR count). The lowest BCUT2D eigenvalue weighted by Gasteiger charge is -2.11. The van der Waals surface area contributed by atoms with E-state index >= 15 is 0 Å². The summed E-state index contributed by atoms with van der Waals surface area (Å²) in [5, 5.41) is 0. The summed E-state index contributed by atoms with van der Waals surface area (Å²) < 4.78 is 0. The molecule has 1 unspecified atom stereocenters.